The van der Waals surface area contributed by atoms with E-state index in [2.05, 4.69) is 29.0 Å². The number of nitrogens with zero attached hydrogens (tertiary/aromatic N) is 3. The fourth-order valence-electron chi connectivity index (χ4n) is 2.64. The first-order valence-electron chi connectivity index (χ1n) is 6.86. The zero-order chi connectivity index (χ0) is 14.1. The molecule has 1 atom stereocenters. The van der Waals surface area contributed by atoms with Crippen LogP contribution in [0.5, 0.6) is 0 Å². The van der Waals surface area contributed by atoms with Crippen LogP contribution in [0.2, 0.25) is 0 Å². The number of hydrogen-bond donors (Lipinski definition) is 1. The topological polar surface area (TPSA) is 56.7 Å². The van der Waals surface area contributed by atoms with Crippen LogP contribution in [-0.2, 0) is 0 Å². The molecule has 0 bridgehead atoms. The Hall–Kier alpha value is -2.36. The first-order chi connectivity index (χ1) is 9.70. The number of hydrogen-bond acceptors (Lipinski definition) is 3. The molecule has 1 aromatic carbocycles. The van der Waals surface area contributed by atoms with Gasteiger partial charge in [0.25, 0.3) is 0 Å². The Balaban J connectivity index is 2.21. The van der Waals surface area contributed by atoms with E-state index in [1.54, 1.807) is 0 Å². The summed E-state index contributed by atoms with van der Waals surface area (Å²) in [6.45, 7) is 4.13. The zero-order valence-electron chi connectivity index (χ0n) is 11.7. The van der Waals surface area contributed by atoms with Crippen molar-refractivity contribution in [2.45, 2.75) is 26.3 Å². The first-order valence-corrected chi connectivity index (χ1v) is 6.86. The summed E-state index contributed by atoms with van der Waals surface area (Å²) in [7, 11) is 0. The lowest BCUT2D eigenvalue weighted by atomic mass is 10.0. The summed E-state index contributed by atoms with van der Waals surface area (Å²) < 4.78 is 2.04. The predicted molar refractivity (Wildman–Crippen MR) is 81.5 cm³/mol. The average molecular weight is 266 g/mol. The molecule has 102 valence electrons. The van der Waals surface area contributed by atoms with Crippen LogP contribution in [0.15, 0.2) is 42.5 Å². The van der Waals surface area contributed by atoms with Gasteiger partial charge >= 0.3 is 0 Å². The number of pyridine rings is 1. The minimum atomic E-state index is 0.162. The van der Waals surface area contributed by atoms with Crippen molar-refractivity contribution in [1.82, 2.24) is 14.5 Å². The maximum atomic E-state index is 6.13. The minimum absolute atomic E-state index is 0.162. The van der Waals surface area contributed by atoms with Gasteiger partial charge < -0.3 is 5.73 Å². The van der Waals surface area contributed by atoms with Gasteiger partial charge in [0.1, 0.15) is 5.52 Å². The molecule has 0 fully saturated rings. The second kappa shape index (κ2) is 4.96. The molecule has 4 nitrogen and oxygen atoms in total. The number of aromatic nitrogens is 3. The number of fused-ring (bicyclic) bond motifs is 1. The van der Waals surface area contributed by atoms with Crippen molar-refractivity contribution < 1.29 is 0 Å². The van der Waals surface area contributed by atoms with Crippen molar-refractivity contribution in [1.29, 1.82) is 0 Å². The summed E-state index contributed by atoms with van der Waals surface area (Å²) in [5, 5.41) is 0. The van der Waals surface area contributed by atoms with E-state index in [0.717, 1.165) is 23.3 Å². The minimum Gasteiger partial charge on any atom is -0.369 e. The van der Waals surface area contributed by atoms with Crippen LogP contribution < -0.4 is 5.73 Å². The molecule has 20 heavy (non-hydrogen) atoms. The Labute approximate surface area is 118 Å². The van der Waals surface area contributed by atoms with E-state index in [9.17, 15) is 0 Å². The third-order valence-electron chi connectivity index (χ3n) is 3.59. The summed E-state index contributed by atoms with van der Waals surface area (Å²) >= 11 is 0. The van der Waals surface area contributed by atoms with E-state index in [-0.39, 0.29) is 6.04 Å². The van der Waals surface area contributed by atoms with Gasteiger partial charge in [-0.25, -0.2) is 9.97 Å². The Morgan fingerprint density at radius 1 is 1.10 bits per heavy atom. The molecule has 0 radical (unpaired) electrons. The van der Waals surface area contributed by atoms with Crippen LogP contribution in [0.3, 0.4) is 0 Å². The lowest BCUT2D eigenvalue weighted by molar-refractivity contribution is 0.585. The molecule has 0 amide bonds. The molecular formula is C16H18N4. The Morgan fingerprint density at radius 3 is 2.55 bits per heavy atom. The van der Waals surface area contributed by atoms with Gasteiger partial charge in [0.2, 0.25) is 5.95 Å². The van der Waals surface area contributed by atoms with E-state index >= 15 is 0 Å². The summed E-state index contributed by atoms with van der Waals surface area (Å²) in [6, 6.07) is 14.5. The number of nitrogens with two attached hydrogens (primary N) is 1. The highest BCUT2D eigenvalue weighted by Gasteiger charge is 2.18. The van der Waals surface area contributed by atoms with E-state index in [4.69, 9.17) is 5.73 Å². The lowest BCUT2D eigenvalue weighted by Gasteiger charge is -2.19. The molecule has 2 N–H and O–H groups in total. The van der Waals surface area contributed by atoms with Crippen molar-refractivity contribution in [3.8, 4) is 0 Å². The van der Waals surface area contributed by atoms with Crippen LogP contribution >= 0.6 is 0 Å². The fourth-order valence-corrected chi connectivity index (χ4v) is 2.64. The first kappa shape index (κ1) is 12.7. The van der Waals surface area contributed by atoms with Crippen LogP contribution in [-0.4, -0.2) is 14.5 Å². The third-order valence-corrected chi connectivity index (χ3v) is 3.59. The Bertz CT molecular complexity index is 731. The monoisotopic (exact) mass is 266 g/mol. The average Bonchev–Trinajstić information content (AvgIpc) is 2.77. The molecule has 0 aliphatic heterocycles. The van der Waals surface area contributed by atoms with Gasteiger partial charge in [-0.1, -0.05) is 37.3 Å². The van der Waals surface area contributed by atoms with Crippen LogP contribution in [0.25, 0.3) is 11.2 Å². The van der Waals surface area contributed by atoms with E-state index in [1.165, 1.54) is 5.56 Å². The van der Waals surface area contributed by atoms with Crippen LogP contribution in [0.1, 0.15) is 30.6 Å². The van der Waals surface area contributed by atoms with E-state index in [0.29, 0.717) is 5.95 Å². The number of imidazole rings is 1. The van der Waals surface area contributed by atoms with Gasteiger partial charge in [-0.2, -0.15) is 0 Å². The van der Waals surface area contributed by atoms with E-state index in [1.807, 2.05) is 41.8 Å². The summed E-state index contributed by atoms with van der Waals surface area (Å²) in [5.74, 6) is 0.522. The maximum Gasteiger partial charge on any atom is 0.203 e. The van der Waals surface area contributed by atoms with Crippen molar-refractivity contribution in [2.24, 2.45) is 0 Å². The highest BCUT2D eigenvalue weighted by Crippen LogP contribution is 2.28. The normalized spacial score (nSPS) is 12.7. The van der Waals surface area contributed by atoms with Gasteiger partial charge in [0.05, 0.1) is 6.04 Å². The fraction of sp³-hybridized carbons (Fsp3) is 0.250. The highest BCUT2D eigenvalue weighted by molar-refractivity contribution is 5.74. The molecule has 0 aliphatic rings. The number of aryl methyl sites for hydroxylation is 1. The molecule has 2 aromatic heterocycles. The molecule has 1 unspecified atom stereocenters. The van der Waals surface area contributed by atoms with Crippen molar-refractivity contribution in [3.63, 3.8) is 0 Å². The molecule has 0 saturated heterocycles. The SMILES string of the molecule is CCC(c1ccccc1)n1c(N)nc2ccc(C)nc21. The zero-order valence-corrected chi connectivity index (χ0v) is 11.7. The van der Waals surface area contributed by atoms with Crippen LogP contribution in [0.4, 0.5) is 5.95 Å². The van der Waals surface area contributed by atoms with Crippen molar-refractivity contribution in [2.75, 3.05) is 5.73 Å². The van der Waals surface area contributed by atoms with Gasteiger partial charge in [0.15, 0.2) is 5.65 Å². The third kappa shape index (κ3) is 2.03. The van der Waals surface area contributed by atoms with Crippen molar-refractivity contribution >= 4 is 17.1 Å². The quantitative estimate of drug-likeness (QED) is 0.791. The van der Waals surface area contributed by atoms with Crippen LogP contribution in [0, 0.1) is 6.92 Å². The summed E-state index contributed by atoms with van der Waals surface area (Å²) in [5.41, 5.74) is 10.0. The Morgan fingerprint density at radius 2 is 1.85 bits per heavy atom. The predicted octanol–water partition coefficient (Wildman–Crippen LogP) is 3.32. The number of anilines is 1. The van der Waals surface area contributed by atoms with Gasteiger partial charge in [-0.05, 0) is 31.0 Å². The molecular weight excluding hydrogens is 248 g/mol. The molecule has 2 heterocycles. The largest absolute Gasteiger partial charge is 0.369 e. The molecule has 0 saturated carbocycles. The standard InChI is InChI=1S/C16H18N4/c1-3-14(12-7-5-4-6-8-12)20-15-13(19-16(20)17)10-9-11(2)18-15/h4-10,14H,3H2,1-2H3,(H2,17,19). The lowest BCUT2D eigenvalue weighted by Crippen LogP contribution is -2.13. The molecule has 3 rings (SSSR count). The number of benzene rings is 1. The smallest absolute Gasteiger partial charge is 0.203 e. The van der Waals surface area contributed by atoms with Gasteiger partial charge in [-0.15, -0.1) is 0 Å². The molecule has 0 spiro atoms. The van der Waals surface area contributed by atoms with Gasteiger partial charge in [-0.3, -0.25) is 4.57 Å². The van der Waals surface area contributed by atoms with Crippen molar-refractivity contribution in [3.05, 3.63) is 53.7 Å². The molecule has 0 aliphatic carbocycles. The summed E-state index contributed by atoms with van der Waals surface area (Å²) in [4.78, 5) is 9.04. The number of rotatable bonds is 3. The molecule has 3 aromatic rings. The van der Waals surface area contributed by atoms with Gasteiger partial charge in [0, 0.05) is 5.69 Å². The second-order valence-electron chi connectivity index (χ2n) is 4.97. The molecule has 4 heteroatoms. The number of nitrogen functional groups attached to an aromatic ring is 1. The van der Waals surface area contributed by atoms with E-state index < -0.39 is 0 Å². The maximum absolute atomic E-state index is 6.13. The second-order valence-corrected chi connectivity index (χ2v) is 4.97. The highest BCUT2D eigenvalue weighted by atomic mass is 15.2. The Kier molecular flexibility index (Phi) is 3.14. The summed E-state index contributed by atoms with van der Waals surface area (Å²) in [6.07, 6.45) is 0.940.